The number of methoxy groups -OCH3 is 1. The fourth-order valence-corrected chi connectivity index (χ4v) is 2.86. The molecule has 0 aliphatic carbocycles. The summed E-state index contributed by atoms with van der Waals surface area (Å²) in [6.45, 7) is 0. The summed E-state index contributed by atoms with van der Waals surface area (Å²) < 4.78 is 5.15. The Hall–Kier alpha value is -2.53. The van der Waals surface area contributed by atoms with Crippen LogP contribution in [0.2, 0.25) is 5.02 Å². The third-order valence-corrected chi connectivity index (χ3v) is 4.04. The van der Waals surface area contributed by atoms with Crippen molar-refractivity contribution in [1.29, 1.82) is 0 Å². The van der Waals surface area contributed by atoms with Gasteiger partial charge in [-0.25, -0.2) is 4.79 Å². The molecule has 0 amide bonds. The van der Waals surface area contributed by atoms with E-state index in [0.717, 1.165) is 11.3 Å². The Morgan fingerprint density at radius 1 is 1.30 bits per heavy atom. The largest absolute Gasteiger partial charge is 0.495 e. The molecule has 1 N–H and O–H groups in total. The van der Waals surface area contributed by atoms with Gasteiger partial charge in [0, 0.05) is 6.42 Å². The minimum atomic E-state index is -1.01. The van der Waals surface area contributed by atoms with E-state index in [2.05, 4.69) is 5.10 Å². The van der Waals surface area contributed by atoms with E-state index < -0.39 is 5.97 Å². The fourth-order valence-electron chi connectivity index (χ4n) is 2.61. The van der Waals surface area contributed by atoms with Gasteiger partial charge < -0.3 is 9.84 Å². The van der Waals surface area contributed by atoms with E-state index >= 15 is 0 Å². The standard InChI is InChI=1S/C17H15ClN2O3/c1-23-16-8-7-12(9-13(16)18)20-15(10-14(19-20)17(21)22)11-5-3-2-4-6-11/h2-9,15H,10H2,1H3,(H,21,22). The van der Waals surface area contributed by atoms with Crippen molar-refractivity contribution in [2.24, 2.45) is 5.10 Å². The zero-order chi connectivity index (χ0) is 16.4. The highest BCUT2D eigenvalue weighted by atomic mass is 35.5. The van der Waals surface area contributed by atoms with E-state index in [9.17, 15) is 9.90 Å². The van der Waals surface area contributed by atoms with Crippen molar-refractivity contribution in [2.75, 3.05) is 12.1 Å². The number of carbonyl (C=O) groups is 1. The van der Waals surface area contributed by atoms with Gasteiger partial charge in [0.05, 0.1) is 23.9 Å². The first kappa shape index (κ1) is 15.4. The molecule has 2 aromatic rings. The summed E-state index contributed by atoms with van der Waals surface area (Å²) in [4.78, 5) is 11.3. The summed E-state index contributed by atoms with van der Waals surface area (Å²) in [7, 11) is 1.55. The number of nitrogens with zero attached hydrogens (tertiary/aromatic N) is 2. The van der Waals surface area contributed by atoms with E-state index in [1.165, 1.54) is 0 Å². The van der Waals surface area contributed by atoms with Gasteiger partial charge in [0.2, 0.25) is 0 Å². The number of anilines is 1. The van der Waals surface area contributed by atoms with Crippen LogP contribution < -0.4 is 9.75 Å². The summed E-state index contributed by atoms with van der Waals surface area (Å²) in [5.41, 5.74) is 1.85. The molecule has 1 unspecified atom stereocenters. The van der Waals surface area contributed by atoms with Crippen LogP contribution in [-0.2, 0) is 4.79 Å². The highest BCUT2D eigenvalue weighted by Crippen LogP contribution is 2.38. The lowest BCUT2D eigenvalue weighted by Gasteiger charge is -2.24. The van der Waals surface area contributed by atoms with Crippen LogP contribution in [0.25, 0.3) is 0 Å². The van der Waals surface area contributed by atoms with Gasteiger partial charge in [0.1, 0.15) is 11.5 Å². The summed E-state index contributed by atoms with van der Waals surface area (Å²) in [6.07, 6.45) is 0.336. The molecular weight excluding hydrogens is 316 g/mol. The number of aliphatic carboxylic acids is 1. The normalized spacial score (nSPS) is 17.0. The molecule has 0 fully saturated rings. The SMILES string of the molecule is COc1ccc(N2N=C(C(=O)O)CC2c2ccccc2)cc1Cl. The van der Waals surface area contributed by atoms with E-state index in [1.54, 1.807) is 24.3 Å². The Bertz CT molecular complexity index is 762. The monoisotopic (exact) mass is 330 g/mol. The van der Waals surface area contributed by atoms with E-state index in [0.29, 0.717) is 17.2 Å². The second kappa shape index (κ2) is 6.30. The molecule has 1 atom stereocenters. The summed E-state index contributed by atoms with van der Waals surface area (Å²) in [6, 6.07) is 14.8. The molecule has 5 nitrogen and oxygen atoms in total. The quantitative estimate of drug-likeness (QED) is 0.927. The third kappa shape index (κ3) is 3.00. The van der Waals surface area contributed by atoms with Crippen molar-refractivity contribution < 1.29 is 14.6 Å². The molecular formula is C17H15ClN2O3. The lowest BCUT2D eigenvalue weighted by atomic mass is 10.0. The number of benzene rings is 2. The van der Waals surface area contributed by atoms with Crippen LogP contribution in [0.3, 0.4) is 0 Å². The number of carboxylic acids is 1. The van der Waals surface area contributed by atoms with Gasteiger partial charge in [0.15, 0.2) is 0 Å². The highest BCUT2D eigenvalue weighted by molar-refractivity contribution is 6.36. The maximum Gasteiger partial charge on any atom is 0.352 e. The Morgan fingerprint density at radius 3 is 2.65 bits per heavy atom. The molecule has 1 aliphatic heterocycles. The average molecular weight is 331 g/mol. The van der Waals surface area contributed by atoms with Crippen LogP contribution in [0.5, 0.6) is 5.75 Å². The molecule has 0 saturated heterocycles. The van der Waals surface area contributed by atoms with Gasteiger partial charge in [-0.3, -0.25) is 5.01 Å². The minimum Gasteiger partial charge on any atom is -0.495 e. The number of ether oxygens (including phenoxy) is 1. The number of halogens is 1. The van der Waals surface area contributed by atoms with Gasteiger partial charge in [-0.1, -0.05) is 41.9 Å². The average Bonchev–Trinajstić information content (AvgIpc) is 3.01. The Kier molecular flexibility index (Phi) is 4.21. The van der Waals surface area contributed by atoms with Gasteiger partial charge in [-0.2, -0.15) is 5.10 Å². The second-order valence-corrected chi connectivity index (χ2v) is 5.55. The topological polar surface area (TPSA) is 62.1 Å². The van der Waals surface area contributed by atoms with E-state index in [4.69, 9.17) is 16.3 Å². The number of carboxylic acid groups (broad SMARTS) is 1. The Morgan fingerprint density at radius 2 is 2.04 bits per heavy atom. The van der Waals surface area contributed by atoms with Crippen molar-refractivity contribution in [3.8, 4) is 5.75 Å². The predicted octanol–water partition coefficient (Wildman–Crippen LogP) is 3.74. The lowest BCUT2D eigenvalue weighted by molar-refractivity contribution is -0.129. The molecule has 0 aromatic heterocycles. The molecule has 1 aliphatic rings. The van der Waals surface area contributed by atoms with E-state index in [-0.39, 0.29) is 11.8 Å². The fraction of sp³-hybridized carbons (Fsp3) is 0.176. The first-order valence-corrected chi connectivity index (χ1v) is 7.46. The van der Waals surface area contributed by atoms with Crippen molar-refractivity contribution in [3.63, 3.8) is 0 Å². The number of hydrogen-bond acceptors (Lipinski definition) is 4. The van der Waals surface area contributed by atoms with Gasteiger partial charge >= 0.3 is 5.97 Å². The van der Waals surface area contributed by atoms with Crippen molar-refractivity contribution >= 4 is 29.0 Å². The first-order valence-electron chi connectivity index (χ1n) is 7.08. The second-order valence-electron chi connectivity index (χ2n) is 5.15. The van der Waals surface area contributed by atoms with Crippen LogP contribution in [0, 0.1) is 0 Å². The molecule has 1 heterocycles. The number of hydrogen-bond donors (Lipinski definition) is 1. The Labute approximate surface area is 138 Å². The summed E-state index contributed by atoms with van der Waals surface area (Å²) in [5, 5.41) is 15.7. The minimum absolute atomic E-state index is 0.130. The summed E-state index contributed by atoms with van der Waals surface area (Å²) >= 11 is 6.18. The van der Waals surface area contributed by atoms with Crippen LogP contribution in [-0.4, -0.2) is 23.9 Å². The maximum atomic E-state index is 11.3. The molecule has 0 bridgehead atoms. The summed E-state index contributed by atoms with van der Waals surface area (Å²) in [5.74, 6) is -0.443. The van der Waals surface area contributed by atoms with Crippen molar-refractivity contribution in [1.82, 2.24) is 0 Å². The van der Waals surface area contributed by atoms with Gasteiger partial charge in [-0.15, -0.1) is 0 Å². The third-order valence-electron chi connectivity index (χ3n) is 3.74. The smallest absolute Gasteiger partial charge is 0.352 e. The van der Waals surface area contributed by atoms with Gasteiger partial charge in [-0.05, 0) is 23.8 Å². The molecule has 0 spiro atoms. The van der Waals surface area contributed by atoms with Crippen LogP contribution >= 0.6 is 11.6 Å². The molecule has 6 heteroatoms. The number of hydrazone groups is 1. The molecule has 2 aromatic carbocycles. The van der Waals surface area contributed by atoms with Gasteiger partial charge in [0.25, 0.3) is 0 Å². The predicted molar refractivity (Wildman–Crippen MR) is 89.4 cm³/mol. The van der Waals surface area contributed by atoms with Crippen LogP contribution in [0.4, 0.5) is 5.69 Å². The van der Waals surface area contributed by atoms with Crippen molar-refractivity contribution in [2.45, 2.75) is 12.5 Å². The van der Waals surface area contributed by atoms with Crippen LogP contribution in [0.1, 0.15) is 18.0 Å². The number of rotatable bonds is 4. The molecule has 23 heavy (non-hydrogen) atoms. The van der Waals surface area contributed by atoms with Crippen molar-refractivity contribution in [3.05, 3.63) is 59.1 Å². The molecule has 118 valence electrons. The zero-order valence-corrected chi connectivity index (χ0v) is 13.2. The molecule has 0 radical (unpaired) electrons. The zero-order valence-electron chi connectivity index (χ0n) is 12.4. The molecule has 3 rings (SSSR count). The Balaban J connectivity index is 2.01. The van der Waals surface area contributed by atoms with Crippen LogP contribution in [0.15, 0.2) is 53.6 Å². The highest BCUT2D eigenvalue weighted by Gasteiger charge is 2.32. The van der Waals surface area contributed by atoms with E-state index in [1.807, 2.05) is 36.4 Å². The first-order chi connectivity index (χ1) is 11.1. The maximum absolute atomic E-state index is 11.3. The lowest BCUT2D eigenvalue weighted by Crippen LogP contribution is -2.18. The molecule has 0 saturated carbocycles.